The van der Waals surface area contributed by atoms with Crippen LogP contribution >= 0.6 is 23.4 Å². The molecule has 1 unspecified atom stereocenters. The topological polar surface area (TPSA) is 12.0 Å². The Balaban J connectivity index is 2.08. The zero-order valence-electron chi connectivity index (χ0n) is 11.9. The Hall–Kier alpha value is -0.960. The second-order valence-corrected chi connectivity index (χ2v) is 6.27. The molecule has 106 valence electrons. The lowest BCUT2D eigenvalue weighted by Gasteiger charge is -2.20. The number of benzene rings is 2. The Morgan fingerprint density at radius 3 is 2.65 bits per heavy atom. The SMILES string of the molecule is CCNC(CSc1cccc(Cl)c1)c1ccccc1C. The zero-order chi connectivity index (χ0) is 14.4. The summed E-state index contributed by atoms with van der Waals surface area (Å²) in [6.45, 7) is 5.29. The number of thioether (sulfide) groups is 1. The first kappa shape index (κ1) is 15.4. The molecule has 2 rings (SSSR count). The standard InChI is InChI=1S/C17H20ClNS/c1-3-19-17(16-10-5-4-7-13(16)2)12-20-15-9-6-8-14(18)11-15/h4-11,17,19H,3,12H2,1-2H3. The average Bonchev–Trinajstić information content (AvgIpc) is 2.44. The van der Waals surface area contributed by atoms with Crippen molar-refractivity contribution >= 4 is 23.4 Å². The largest absolute Gasteiger partial charge is 0.309 e. The maximum atomic E-state index is 6.03. The van der Waals surface area contributed by atoms with Crippen LogP contribution in [0.15, 0.2) is 53.4 Å². The fourth-order valence-electron chi connectivity index (χ4n) is 2.22. The normalized spacial score (nSPS) is 12.3. The van der Waals surface area contributed by atoms with E-state index in [2.05, 4.69) is 49.5 Å². The summed E-state index contributed by atoms with van der Waals surface area (Å²) < 4.78 is 0. The Morgan fingerprint density at radius 1 is 1.15 bits per heavy atom. The maximum Gasteiger partial charge on any atom is 0.0417 e. The lowest BCUT2D eigenvalue weighted by atomic mass is 10.0. The molecule has 1 atom stereocenters. The highest BCUT2D eigenvalue weighted by molar-refractivity contribution is 7.99. The summed E-state index contributed by atoms with van der Waals surface area (Å²) >= 11 is 7.87. The Kier molecular flexibility index (Phi) is 5.96. The van der Waals surface area contributed by atoms with Gasteiger partial charge in [-0.1, -0.05) is 48.9 Å². The van der Waals surface area contributed by atoms with Gasteiger partial charge in [-0.05, 0) is 42.8 Å². The van der Waals surface area contributed by atoms with Gasteiger partial charge >= 0.3 is 0 Å². The second kappa shape index (κ2) is 7.72. The lowest BCUT2D eigenvalue weighted by Crippen LogP contribution is -2.23. The predicted molar refractivity (Wildman–Crippen MR) is 89.8 cm³/mol. The quantitative estimate of drug-likeness (QED) is 0.746. The molecule has 0 saturated carbocycles. The fourth-order valence-corrected chi connectivity index (χ4v) is 3.52. The lowest BCUT2D eigenvalue weighted by molar-refractivity contribution is 0.603. The molecule has 0 fully saturated rings. The maximum absolute atomic E-state index is 6.03. The average molecular weight is 306 g/mol. The summed E-state index contributed by atoms with van der Waals surface area (Å²) in [5.41, 5.74) is 2.72. The summed E-state index contributed by atoms with van der Waals surface area (Å²) in [5, 5.41) is 4.37. The second-order valence-electron chi connectivity index (χ2n) is 4.74. The number of rotatable bonds is 6. The molecule has 0 spiro atoms. The van der Waals surface area contributed by atoms with Crippen LogP contribution in [0.1, 0.15) is 24.1 Å². The van der Waals surface area contributed by atoms with Crippen molar-refractivity contribution in [2.75, 3.05) is 12.3 Å². The molecule has 0 saturated heterocycles. The first-order valence-corrected chi connectivity index (χ1v) is 8.24. The molecule has 0 radical (unpaired) electrons. The van der Waals surface area contributed by atoms with Crippen molar-refractivity contribution in [3.05, 3.63) is 64.7 Å². The smallest absolute Gasteiger partial charge is 0.0417 e. The van der Waals surface area contributed by atoms with Gasteiger partial charge in [-0.2, -0.15) is 0 Å². The molecule has 2 aromatic rings. The molecule has 3 heteroatoms. The predicted octanol–water partition coefficient (Wildman–Crippen LogP) is 5.09. The molecule has 0 aliphatic heterocycles. The van der Waals surface area contributed by atoms with Crippen LogP contribution < -0.4 is 5.32 Å². The van der Waals surface area contributed by atoms with Crippen molar-refractivity contribution in [3.8, 4) is 0 Å². The molecular weight excluding hydrogens is 286 g/mol. The van der Waals surface area contributed by atoms with E-state index in [0.29, 0.717) is 6.04 Å². The molecule has 1 nitrogen and oxygen atoms in total. The monoisotopic (exact) mass is 305 g/mol. The number of halogens is 1. The van der Waals surface area contributed by atoms with E-state index in [-0.39, 0.29) is 0 Å². The van der Waals surface area contributed by atoms with Crippen LogP contribution in [0.2, 0.25) is 5.02 Å². The van der Waals surface area contributed by atoms with Gasteiger partial charge in [-0.15, -0.1) is 11.8 Å². The number of aryl methyl sites for hydroxylation is 1. The molecule has 20 heavy (non-hydrogen) atoms. The van der Waals surface area contributed by atoms with Crippen LogP contribution in [0.5, 0.6) is 0 Å². The van der Waals surface area contributed by atoms with Crippen LogP contribution in [-0.4, -0.2) is 12.3 Å². The molecule has 1 N–H and O–H groups in total. The van der Waals surface area contributed by atoms with E-state index in [9.17, 15) is 0 Å². The molecule has 0 aromatic heterocycles. The Morgan fingerprint density at radius 2 is 1.95 bits per heavy atom. The van der Waals surface area contributed by atoms with Gasteiger partial charge in [0.15, 0.2) is 0 Å². The molecule has 0 bridgehead atoms. The van der Waals surface area contributed by atoms with E-state index >= 15 is 0 Å². The van der Waals surface area contributed by atoms with E-state index in [1.165, 1.54) is 16.0 Å². The van der Waals surface area contributed by atoms with Crippen LogP contribution in [0, 0.1) is 6.92 Å². The summed E-state index contributed by atoms with van der Waals surface area (Å²) in [6.07, 6.45) is 0. The van der Waals surface area contributed by atoms with Gasteiger partial charge in [0.25, 0.3) is 0 Å². The van der Waals surface area contributed by atoms with Crippen molar-refractivity contribution in [1.82, 2.24) is 5.32 Å². The highest BCUT2D eigenvalue weighted by Crippen LogP contribution is 2.27. The highest BCUT2D eigenvalue weighted by atomic mass is 35.5. The highest BCUT2D eigenvalue weighted by Gasteiger charge is 2.12. The summed E-state index contributed by atoms with van der Waals surface area (Å²) in [7, 11) is 0. The Labute approximate surface area is 130 Å². The third-order valence-electron chi connectivity index (χ3n) is 3.23. The molecule has 0 amide bonds. The van der Waals surface area contributed by atoms with Gasteiger partial charge in [0.1, 0.15) is 0 Å². The van der Waals surface area contributed by atoms with Crippen molar-refractivity contribution in [2.45, 2.75) is 24.8 Å². The zero-order valence-corrected chi connectivity index (χ0v) is 13.5. The molecule has 0 heterocycles. The van der Waals surface area contributed by atoms with E-state index < -0.39 is 0 Å². The van der Waals surface area contributed by atoms with Crippen molar-refractivity contribution in [1.29, 1.82) is 0 Å². The van der Waals surface area contributed by atoms with E-state index in [0.717, 1.165) is 17.3 Å². The third-order valence-corrected chi connectivity index (χ3v) is 4.55. The minimum Gasteiger partial charge on any atom is -0.309 e. The first-order valence-electron chi connectivity index (χ1n) is 6.88. The van der Waals surface area contributed by atoms with Gasteiger partial charge in [-0.25, -0.2) is 0 Å². The fraction of sp³-hybridized carbons (Fsp3) is 0.294. The van der Waals surface area contributed by atoms with E-state index in [1.54, 1.807) is 0 Å². The van der Waals surface area contributed by atoms with Crippen molar-refractivity contribution in [2.24, 2.45) is 0 Å². The summed E-state index contributed by atoms with van der Waals surface area (Å²) in [5.74, 6) is 0.999. The van der Waals surface area contributed by atoms with Gasteiger partial charge in [0.2, 0.25) is 0 Å². The van der Waals surface area contributed by atoms with Crippen LogP contribution in [-0.2, 0) is 0 Å². The van der Waals surface area contributed by atoms with E-state index in [1.807, 2.05) is 30.0 Å². The van der Waals surface area contributed by atoms with Gasteiger partial charge in [0.05, 0.1) is 0 Å². The molecule has 0 aliphatic carbocycles. The molecule has 2 aromatic carbocycles. The van der Waals surface area contributed by atoms with Crippen LogP contribution in [0.4, 0.5) is 0 Å². The number of hydrogen-bond acceptors (Lipinski definition) is 2. The minimum atomic E-state index is 0.366. The number of hydrogen-bond donors (Lipinski definition) is 1. The summed E-state index contributed by atoms with van der Waals surface area (Å²) in [6, 6.07) is 17.0. The molecular formula is C17H20ClNS. The first-order chi connectivity index (χ1) is 9.70. The summed E-state index contributed by atoms with van der Waals surface area (Å²) in [4.78, 5) is 1.22. The Bertz CT molecular complexity index is 556. The van der Waals surface area contributed by atoms with E-state index in [4.69, 9.17) is 11.6 Å². The third kappa shape index (κ3) is 4.27. The van der Waals surface area contributed by atoms with Gasteiger partial charge in [0, 0.05) is 21.7 Å². The van der Waals surface area contributed by atoms with Gasteiger partial charge < -0.3 is 5.32 Å². The van der Waals surface area contributed by atoms with Crippen molar-refractivity contribution in [3.63, 3.8) is 0 Å². The number of nitrogens with one attached hydrogen (secondary N) is 1. The molecule has 0 aliphatic rings. The minimum absolute atomic E-state index is 0.366. The van der Waals surface area contributed by atoms with Crippen molar-refractivity contribution < 1.29 is 0 Å². The van der Waals surface area contributed by atoms with Crippen LogP contribution in [0.3, 0.4) is 0 Å². The van der Waals surface area contributed by atoms with Crippen LogP contribution in [0.25, 0.3) is 0 Å². The van der Waals surface area contributed by atoms with Gasteiger partial charge in [-0.3, -0.25) is 0 Å².